The summed E-state index contributed by atoms with van der Waals surface area (Å²) >= 11 is 5.85. The largest absolute Gasteiger partial charge is 0.419 e. The lowest BCUT2D eigenvalue weighted by Crippen LogP contribution is -2.23. The van der Waals surface area contributed by atoms with E-state index in [1.165, 1.54) is 0 Å². The molecule has 0 unspecified atom stereocenters. The monoisotopic (exact) mass is 353 g/mol. The van der Waals surface area contributed by atoms with E-state index in [-0.39, 0.29) is 12.5 Å². The molecule has 5 nitrogen and oxygen atoms in total. The van der Waals surface area contributed by atoms with Crippen molar-refractivity contribution in [1.82, 2.24) is 15.5 Å². The number of rotatable bonds is 5. The minimum Gasteiger partial charge on any atom is -0.419 e. The van der Waals surface area contributed by atoms with Gasteiger partial charge in [0.2, 0.25) is 17.7 Å². The molecule has 1 heterocycles. The zero-order valence-electron chi connectivity index (χ0n) is 13.6. The number of hydrogen-bond donors (Lipinski definition) is 1. The Morgan fingerprint density at radius 2 is 1.84 bits per heavy atom. The number of nitrogens with one attached hydrogen (secondary N) is 1. The predicted molar refractivity (Wildman–Crippen MR) is 96.7 cm³/mol. The summed E-state index contributed by atoms with van der Waals surface area (Å²) in [7, 11) is 0. The number of hydrogen-bond acceptors (Lipinski definition) is 4. The van der Waals surface area contributed by atoms with Gasteiger partial charge in [0, 0.05) is 16.2 Å². The second-order valence-corrected chi connectivity index (χ2v) is 5.86. The van der Waals surface area contributed by atoms with Crippen LogP contribution in [0.2, 0.25) is 5.02 Å². The Bertz CT molecular complexity index is 887. The molecule has 0 atom stereocenters. The molecular formula is C19H16ClN3O2. The molecule has 0 bridgehead atoms. The quantitative estimate of drug-likeness (QED) is 0.701. The van der Waals surface area contributed by atoms with E-state index in [1.807, 2.05) is 42.5 Å². The van der Waals surface area contributed by atoms with Crippen molar-refractivity contribution in [2.45, 2.75) is 13.5 Å². The number of halogens is 1. The van der Waals surface area contributed by atoms with Gasteiger partial charge in [-0.2, -0.15) is 0 Å². The maximum atomic E-state index is 12.2. The molecule has 126 valence electrons. The third-order valence-corrected chi connectivity index (χ3v) is 3.75. The second kappa shape index (κ2) is 7.77. The van der Waals surface area contributed by atoms with Crippen LogP contribution in [0.1, 0.15) is 18.4 Å². The molecular weight excluding hydrogens is 338 g/mol. The van der Waals surface area contributed by atoms with Gasteiger partial charge in [-0.05, 0) is 42.8 Å². The van der Waals surface area contributed by atoms with Crippen molar-refractivity contribution >= 4 is 23.6 Å². The molecule has 1 N–H and O–H groups in total. The van der Waals surface area contributed by atoms with Crippen LogP contribution in [0.5, 0.6) is 0 Å². The number of carbonyl (C=O) groups is 1. The van der Waals surface area contributed by atoms with Crippen LogP contribution < -0.4 is 5.32 Å². The first-order chi connectivity index (χ1) is 12.1. The van der Waals surface area contributed by atoms with Crippen LogP contribution in [0.15, 0.2) is 64.6 Å². The highest BCUT2D eigenvalue weighted by Crippen LogP contribution is 2.17. The van der Waals surface area contributed by atoms with E-state index in [9.17, 15) is 4.79 Å². The molecule has 1 amide bonds. The average Bonchev–Trinajstić information content (AvgIpc) is 3.11. The molecule has 3 aromatic rings. The minimum absolute atomic E-state index is 0.171. The number of amides is 1. The SMILES string of the molecule is C/C(=C\c1ccc(Cl)cc1)C(=O)NCc1nnc(-c2ccccc2)o1. The molecule has 1 aromatic heterocycles. The Balaban J connectivity index is 1.60. The number of nitrogens with zero attached hydrogens (tertiary/aromatic N) is 2. The van der Waals surface area contributed by atoms with Gasteiger partial charge in [0.15, 0.2) is 0 Å². The fourth-order valence-corrected chi connectivity index (χ4v) is 2.32. The lowest BCUT2D eigenvalue weighted by molar-refractivity contribution is -0.117. The van der Waals surface area contributed by atoms with E-state index in [0.29, 0.717) is 22.4 Å². The smallest absolute Gasteiger partial charge is 0.247 e. The Labute approximate surface area is 150 Å². The summed E-state index contributed by atoms with van der Waals surface area (Å²) in [5.74, 6) is 0.583. The van der Waals surface area contributed by atoms with Crippen LogP contribution in [0, 0.1) is 0 Å². The van der Waals surface area contributed by atoms with E-state index in [0.717, 1.165) is 11.1 Å². The molecule has 0 aliphatic carbocycles. The van der Waals surface area contributed by atoms with Crippen molar-refractivity contribution in [2.75, 3.05) is 0 Å². The van der Waals surface area contributed by atoms with Gasteiger partial charge in [0.25, 0.3) is 0 Å². The highest BCUT2D eigenvalue weighted by atomic mass is 35.5. The van der Waals surface area contributed by atoms with E-state index >= 15 is 0 Å². The summed E-state index contributed by atoms with van der Waals surface area (Å²) in [6.45, 7) is 1.91. The molecule has 25 heavy (non-hydrogen) atoms. The predicted octanol–water partition coefficient (Wildman–Crippen LogP) is 4.11. The first kappa shape index (κ1) is 16.9. The van der Waals surface area contributed by atoms with Crippen LogP contribution in [-0.2, 0) is 11.3 Å². The molecule has 3 rings (SSSR count). The number of carbonyl (C=O) groups excluding carboxylic acids is 1. The van der Waals surface area contributed by atoms with Crippen molar-refractivity contribution in [3.63, 3.8) is 0 Å². The molecule has 0 aliphatic rings. The molecule has 6 heteroatoms. The zero-order chi connectivity index (χ0) is 17.6. The summed E-state index contributed by atoms with van der Waals surface area (Å²) in [5.41, 5.74) is 2.32. The first-order valence-corrected chi connectivity index (χ1v) is 8.09. The molecule has 2 aromatic carbocycles. The maximum absolute atomic E-state index is 12.2. The van der Waals surface area contributed by atoms with Gasteiger partial charge in [-0.1, -0.05) is 41.9 Å². The molecule has 0 radical (unpaired) electrons. The van der Waals surface area contributed by atoms with Gasteiger partial charge in [-0.15, -0.1) is 10.2 Å². The molecule has 0 saturated carbocycles. The normalized spacial score (nSPS) is 11.4. The molecule has 0 fully saturated rings. The van der Waals surface area contributed by atoms with Gasteiger partial charge in [0.05, 0.1) is 6.54 Å². The van der Waals surface area contributed by atoms with Gasteiger partial charge < -0.3 is 9.73 Å². The van der Waals surface area contributed by atoms with E-state index in [4.69, 9.17) is 16.0 Å². The lowest BCUT2D eigenvalue weighted by Gasteiger charge is -2.03. The summed E-state index contributed by atoms with van der Waals surface area (Å²) in [5, 5.41) is 11.4. The highest BCUT2D eigenvalue weighted by molar-refractivity contribution is 6.30. The highest BCUT2D eigenvalue weighted by Gasteiger charge is 2.10. The summed E-state index contributed by atoms with van der Waals surface area (Å²) < 4.78 is 5.56. The van der Waals surface area contributed by atoms with Crippen molar-refractivity contribution in [2.24, 2.45) is 0 Å². The molecule has 0 saturated heterocycles. The Morgan fingerprint density at radius 1 is 1.12 bits per heavy atom. The van der Waals surface area contributed by atoms with Crippen molar-refractivity contribution in [1.29, 1.82) is 0 Å². The lowest BCUT2D eigenvalue weighted by atomic mass is 10.1. The minimum atomic E-state index is -0.200. The maximum Gasteiger partial charge on any atom is 0.247 e. The summed E-state index contributed by atoms with van der Waals surface area (Å²) in [6.07, 6.45) is 1.79. The second-order valence-electron chi connectivity index (χ2n) is 5.43. The number of aromatic nitrogens is 2. The van der Waals surface area contributed by atoms with E-state index in [2.05, 4.69) is 15.5 Å². The Hall–Kier alpha value is -2.92. The van der Waals surface area contributed by atoms with Crippen molar-refractivity contribution < 1.29 is 9.21 Å². The van der Waals surface area contributed by atoms with Crippen LogP contribution in [0.4, 0.5) is 0 Å². The standard InChI is InChI=1S/C19H16ClN3O2/c1-13(11-14-7-9-16(20)10-8-14)18(24)21-12-17-22-23-19(25-17)15-5-3-2-4-6-15/h2-11H,12H2,1H3,(H,21,24)/b13-11+. The average molecular weight is 354 g/mol. The zero-order valence-corrected chi connectivity index (χ0v) is 14.3. The van der Waals surface area contributed by atoms with Crippen LogP contribution in [-0.4, -0.2) is 16.1 Å². The van der Waals surface area contributed by atoms with E-state index < -0.39 is 0 Å². The first-order valence-electron chi connectivity index (χ1n) is 7.72. The van der Waals surface area contributed by atoms with Crippen molar-refractivity contribution in [3.8, 4) is 11.5 Å². The third-order valence-electron chi connectivity index (χ3n) is 3.50. The molecule has 0 aliphatic heterocycles. The summed E-state index contributed by atoms with van der Waals surface area (Å²) in [4.78, 5) is 12.2. The molecule has 0 spiro atoms. The van der Waals surface area contributed by atoms with Crippen LogP contribution in [0.25, 0.3) is 17.5 Å². The van der Waals surface area contributed by atoms with Gasteiger partial charge in [-0.3, -0.25) is 4.79 Å². The Morgan fingerprint density at radius 3 is 2.56 bits per heavy atom. The van der Waals surface area contributed by atoms with E-state index in [1.54, 1.807) is 25.1 Å². The van der Waals surface area contributed by atoms with Gasteiger partial charge >= 0.3 is 0 Å². The topological polar surface area (TPSA) is 68.0 Å². The fourth-order valence-electron chi connectivity index (χ4n) is 2.19. The van der Waals surface area contributed by atoms with Gasteiger partial charge in [-0.25, -0.2) is 0 Å². The van der Waals surface area contributed by atoms with Crippen LogP contribution >= 0.6 is 11.6 Å². The Kier molecular flexibility index (Phi) is 5.26. The van der Waals surface area contributed by atoms with Crippen molar-refractivity contribution in [3.05, 3.63) is 76.6 Å². The van der Waals surface area contributed by atoms with Gasteiger partial charge in [0.1, 0.15) is 0 Å². The van der Waals surface area contributed by atoms with Crippen LogP contribution in [0.3, 0.4) is 0 Å². The summed E-state index contributed by atoms with van der Waals surface area (Å²) in [6, 6.07) is 16.7. The third kappa shape index (κ3) is 4.55. The number of benzene rings is 2. The fraction of sp³-hybridized carbons (Fsp3) is 0.105.